The molecule has 0 heterocycles. The van der Waals surface area contributed by atoms with E-state index >= 15 is 0 Å². The van der Waals surface area contributed by atoms with Gasteiger partial charge in [0.15, 0.2) is 0 Å². The van der Waals surface area contributed by atoms with Gasteiger partial charge in [-0.2, -0.15) is 0 Å². The molecule has 1 unspecified atom stereocenters. The molecule has 1 aliphatic rings. The van der Waals surface area contributed by atoms with E-state index in [1.165, 1.54) is 0 Å². The molecule has 17 heavy (non-hydrogen) atoms. The van der Waals surface area contributed by atoms with Crippen LogP contribution in [0.1, 0.15) is 28.8 Å². The number of rotatable bonds is 4. The van der Waals surface area contributed by atoms with Crippen LogP contribution in [-0.4, -0.2) is 23.7 Å². The minimum Gasteiger partial charge on any atom is -0.391 e. The molecule has 92 valence electrons. The first kappa shape index (κ1) is 12.6. The summed E-state index contributed by atoms with van der Waals surface area (Å²) in [5.41, 5.74) is 1.71. The van der Waals surface area contributed by atoms with Gasteiger partial charge in [0.2, 0.25) is 0 Å². The first-order valence-electron chi connectivity index (χ1n) is 5.80. The Balaban J connectivity index is 1.92. The van der Waals surface area contributed by atoms with Gasteiger partial charge < -0.3 is 10.4 Å². The second-order valence-corrected chi connectivity index (χ2v) is 5.43. The predicted octanol–water partition coefficient (Wildman–Crippen LogP) is 2.26. The largest absolute Gasteiger partial charge is 0.391 e. The Kier molecular flexibility index (Phi) is 3.84. The van der Waals surface area contributed by atoms with Crippen LogP contribution in [0.3, 0.4) is 0 Å². The predicted molar refractivity (Wildman–Crippen MR) is 69.9 cm³/mol. The third-order valence-electron chi connectivity index (χ3n) is 3.07. The van der Waals surface area contributed by atoms with Crippen LogP contribution in [0, 0.1) is 12.8 Å². The Bertz CT molecular complexity index is 429. The van der Waals surface area contributed by atoms with Crippen molar-refractivity contribution >= 4 is 21.8 Å². The van der Waals surface area contributed by atoms with Gasteiger partial charge in [0, 0.05) is 16.6 Å². The highest BCUT2D eigenvalue weighted by Crippen LogP contribution is 2.32. The van der Waals surface area contributed by atoms with Gasteiger partial charge in [0.1, 0.15) is 0 Å². The van der Waals surface area contributed by atoms with Gasteiger partial charge in [-0.15, -0.1) is 0 Å². The molecule has 2 rings (SSSR count). The molecule has 4 heteroatoms. The molecule has 0 spiro atoms. The van der Waals surface area contributed by atoms with Crippen molar-refractivity contribution in [1.29, 1.82) is 0 Å². The summed E-state index contributed by atoms with van der Waals surface area (Å²) in [5.74, 6) is 0.255. The van der Waals surface area contributed by atoms with Crippen molar-refractivity contribution in [2.45, 2.75) is 25.9 Å². The van der Waals surface area contributed by atoms with Crippen LogP contribution < -0.4 is 5.32 Å². The molecule has 1 saturated carbocycles. The summed E-state index contributed by atoms with van der Waals surface area (Å²) in [6.45, 7) is 2.32. The Morgan fingerprint density at radius 3 is 2.88 bits per heavy atom. The fourth-order valence-electron chi connectivity index (χ4n) is 1.68. The molecule has 0 aliphatic heterocycles. The van der Waals surface area contributed by atoms with Crippen molar-refractivity contribution in [3.8, 4) is 0 Å². The summed E-state index contributed by atoms with van der Waals surface area (Å²) in [6, 6.07) is 5.49. The zero-order valence-electron chi connectivity index (χ0n) is 9.74. The fourth-order valence-corrected chi connectivity index (χ4v) is 2.06. The normalized spacial score (nSPS) is 16.6. The van der Waals surface area contributed by atoms with E-state index in [9.17, 15) is 9.90 Å². The molecule has 1 aromatic carbocycles. The molecule has 2 N–H and O–H groups in total. The van der Waals surface area contributed by atoms with Crippen LogP contribution in [0.4, 0.5) is 0 Å². The number of hydrogen-bond donors (Lipinski definition) is 2. The maximum Gasteiger partial charge on any atom is 0.251 e. The van der Waals surface area contributed by atoms with Gasteiger partial charge in [-0.05, 0) is 43.4 Å². The lowest BCUT2D eigenvalue weighted by atomic mass is 10.1. The van der Waals surface area contributed by atoms with Gasteiger partial charge in [-0.1, -0.05) is 22.0 Å². The lowest BCUT2D eigenvalue weighted by Gasteiger charge is -2.11. The van der Waals surface area contributed by atoms with Crippen molar-refractivity contribution in [3.05, 3.63) is 33.8 Å². The van der Waals surface area contributed by atoms with E-state index in [0.717, 1.165) is 22.9 Å². The smallest absolute Gasteiger partial charge is 0.251 e. The average molecular weight is 298 g/mol. The Morgan fingerprint density at radius 2 is 2.29 bits per heavy atom. The second kappa shape index (κ2) is 5.19. The number of aliphatic hydroxyl groups is 1. The average Bonchev–Trinajstić information content (AvgIpc) is 3.13. The van der Waals surface area contributed by atoms with E-state index in [4.69, 9.17) is 0 Å². The molecule has 0 saturated heterocycles. The summed E-state index contributed by atoms with van der Waals surface area (Å²) < 4.78 is 0.924. The Hall–Kier alpha value is -0.870. The third-order valence-corrected chi connectivity index (χ3v) is 3.93. The van der Waals surface area contributed by atoms with Gasteiger partial charge in [-0.3, -0.25) is 4.79 Å². The zero-order chi connectivity index (χ0) is 12.4. The highest BCUT2D eigenvalue weighted by Gasteiger charge is 2.29. The molecular weight excluding hydrogens is 282 g/mol. The van der Waals surface area contributed by atoms with E-state index < -0.39 is 6.10 Å². The summed E-state index contributed by atoms with van der Waals surface area (Å²) in [7, 11) is 0. The lowest BCUT2D eigenvalue weighted by Crippen LogP contribution is -2.33. The van der Waals surface area contributed by atoms with Crippen molar-refractivity contribution in [3.63, 3.8) is 0 Å². The molecule has 1 fully saturated rings. The van der Waals surface area contributed by atoms with Crippen LogP contribution in [-0.2, 0) is 0 Å². The number of aryl methyl sites for hydroxylation is 1. The fraction of sp³-hybridized carbons (Fsp3) is 0.462. The summed E-state index contributed by atoms with van der Waals surface area (Å²) in [5, 5.41) is 12.4. The van der Waals surface area contributed by atoms with Crippen LogP contribution in [0.5, 0.6) is 0 Å². The van der Waals surface area contributed by atoms with Gasteiger partial charge in [0.05, 0.1) is 6.10 Å². The van der Waals surface area contributed by atoms with Gasteiger partial charge >= 0.3 is 0 Å². The number of carbonyl (C=O) groups excluding carboxylic acids is 1. The molecule has 1 amide bonds. The minimum atomic E-state index is -0.396. The number of nitrogens with one attached hydrogen (secondary N) is 1. The zero-order valence-corrected chi connectivity index (χ0v) is 11.3. The molecular formula is C13H16BrNO2. The number of aliphatic hydroxyl groups excluding tert-OH is 1. The maximum atomic E-state index is 11.8. The van der Waals surface area contributed by atoms with E-state index in [-0.39, 0.29) is 5.91 Å². The second-order valence-electron chi connectivity index (χ2n) is 4.58. The number of amides is 1. The monoisotopic (exact) mass is 297 g/mol. The lowest BCUT2D eigenvalue weighted by molar-refractivity contribution is 0.0901. The molecule has 0 radical (unpaired) electrons. The minimum absolute atomic E-state index is 0.134. The quantitative estimate of drug-likeness (QED) is 0.896. The number of halogens is 1. The number of benzene rings is 1. The summed E-state index contributed by atoms with van der Waals surface area (Å²) in [4.78, 5) is 11.8. The van der Waals surface area contributed by atoms with Crippen molar-refractivity contribution in [2.75, 3.05) is 6.54 Å². The maximum absolute atomic E-state index is 11.8. The van der Waals surface area contributed by atoms with Crippen LogP contribution in [0.25, 0.3) is 0 Å². The highest BCUT2D eigenvalue weighted by molar-refractivity contribution is 9.10. The van der Waals surface area contributed by atoms with Gasteiger partial charge in [-0.25, -0.2) is 0 Å². The van der Waals surface area contributed by atoms with Crippen molar-refractivity contribution in [2.24, 2.45) is 5.92 Å². The summed E-state index contributed by atoms with van der Waals surface area (Å²) >= 11 is 3.40. The van der Waals surface area contributed by atoms with Gasteiger partial charge in [0.25, 0.3) is 5.91 Å². The SMILES string of the molecule is Cc1ccc(C(=O)NCC(O)C2CC2)cc1Br. The van der Waals surface area contributed by atoms with Crippen LogP contribution in [0.15, 0.2) is 22.7 Å². The van der Waals surface area contributed by atoms with E-state index in [1.54, 1.807) is 12.1 Å². The number of carbonyl (C=O) groups is 1. The number of hydrogen-bond acceptors (Lipinski definition) is 2. The summed E-state index contributed by atoms with van der Waals surface area (Å²) in [6.07, 6.45) is 1.76. The first-order valence-corrected chi connectivity index (χ1v) is 6.59. The highest BCUT2D eigenvalue weighted by atomic mass is 79.9. The third kappa shape index (κ3) is 3.30. The van der Waals surface area contributed by atoms with E-state index in [0.29, 0.717) is 18.0 Å². The van der Waals surface area contributed by atoms with Crippen molar-refractivity contribution < 1.29 is 9.90 Å². The molecule has 1 aliphatic carbocycles. The Labute approximate surface area is 109 Å². The van der Waals surface area contributed by atoms with Crippen molar-refractivity contribution in [1.82, 2.24) is 5.32 Å². The van der Waals surface area contributed by atoms with E-state index in [2.05, 4.69) is 21.2 Å². The van der Waals surface area contributed by atoms with Crippen LogP contribution in [0.2, 0.25) is 0 Å². The molecule has 0 aromatic heterocycles. The molecule has 1 atom stereocenters. The Morgan fingerprint density at radius 1 is 1.59 bits per heavy atom. The molecule has 3 nitrogen and oxygen atoms in total. The van der Waals surface area contributed by atoms with Crippen LogP contribution >= 0.6 is 15.9 Å². The molecule has 0 bridgehead atoms. The van der Waals surface area contributed by atoms with E-state index in [1.807, 2.05) is 13.0 Å². The first-order chi connectivity index (χ1) is 8.08. The standard InChI is InChI=1S/C13H16BrNO2/c1-8-2-3-10(6-11(8)14)13(17)15-7-12(16)9-4-5-9/h2-3,6,9,12,16H,4-5,7H2,1H3,(H,15,17). The topological polar surface area (TPSA) is 49.3 Å². The molecule has 1 aromatic rings.